The zero-order chi connectivity index (χ0) is 17.7. The molecule has 0 amide bonds. The highest BCUT2D eigenvalue weighted by Gasteiger charge is 2.02. The van der Waals surface area contributed by atoms with Crippen molar-refractivity contribution in [2.24, 2.45) is 12.0 Å². The lowest BCUT2D eigenvalue weighted by Gasteiger charge is -2.12. The molecule has 7 heteroatoms. The minimum absolute atomic E-state index is 0.738. The van der Waals surface area contributed by atoms with E-state index in [4.69, 9.17) is 9.15 Å². The molecule has 0 unspecified atom stereocenters. The molecule has 2 aromatic rings. The van der Waals surface area contributed by atoms with E-state index >= 15 is 0 Å². The average molecular weight is 347 g/mol. The van der Waals surface area contributed by atoms with Gasteiger partial charge in [0.15, 0.2) is 5.96 Å². The Balaban J connectivity index is 1.75. The fraction of sp³-hybridized carbons (Fsp3) is 0.556. The Hall–Kier alpha value is -2.28. The van der Waals surface area contributed by atoms with Gasteiger partial charge in [-0.3, -0.25) is 9.67 Å². The number of ether oxygens (including phenoxy) is 1. The molecular formula is C18H29N5O2. The van der Waals surface area contributed by atoms with E-state index in [2.05, 4.69) is 20.7 Å². The molecule has 0 saturated heterocycles. The van der Waals surface area contributed by atoms with E-state index < -0.39 is 0 Å². The molecule has 0 saturated carbocycles. The van der Waals surface area contributed by atoms with E-state index in [9.17, 15) is 0 Å². The molecule has 2 rings (SSSR count). The van der Waals surface area contributed by atoms with Gasteiger partial charge in [-0.2, -0.15) is 5.10 Å². The predicted molar refractivity (Wildman–Crippen MR) is 98.7 cm³/mol. The van der Waals surface area contributed by atoms with E-state index in [1.54, 1.807) is 6.26 Å². The fourth-order valence-electron chi connectivity index (χ4n) is 2.39. The maximum Gasteiger partial charge on any atom is 0.191 e. The Morgan fingerprint density at radius 3 is 2.80 bits per heavy atom. The van der Waals surface area contributed by atoms with Crippen LogP contribution in [0.15, 0.2) is 40.1 Å². The first-order valence-electron chi connectivity index (χ1n) is 8.88. The largest absolute Gasteiger partial charge is 0.469 e. The highest BCUT2D eigenvalue weighted by Crippen LogP contribution is 1.99. The highest BCUT2D eigenvalue weighted by atomic mass is 16.5. The summed E-state index contributed by atoms with van der Waals surface area (Å²) in [5, 5.41) is 10.9. The van der Waals surface area contributed by atoms with Gasteiger partial charge in [-0.05, 0) is 31.5 Å². The van der Waals surface area contributed by atoms with Gasteiger partial charge in [0.25, 0.3) is 0 Å². The second-order valence-corrected chi connectivity index (χ2v) is 5.66. The lowest BCUT2D eigenvalue weighted by molar-refractivity contribution is 0.146. The molecule has 7 nitrogen and oxygen atoms in total. The first kappa shape index (κ1) is 19.1. The zero-order valence-corrected chi connectivity index (χ0v) is 15.2. The molecule has 0 fully saturated rings. The quantitative estimate of drug-likeness (QED) is 0.368. The second-order valence-electron chi connectivity index (χ2n) is 5.66. The summed E-state index contributed by atoms with van der Waals surface area (Å²) in [4.78, 5) is 4.62. The molecule has 0 bridgehead atoms. The lowest BCUT2D eigenvalue weighted by Crippen LogP contribution is -2.39. The van der Waals surface area contributed by atoms with E-state index in [0.717, 1.165) is 63.8 Å². The van der Waals surface area contributed by atoms with Crippen molar-refractivity contribution >= 4 is 5.96 Å². The number of nitrogens with zero attached hydrogens (tertiary/aromatic N) is 3. The molecule has 0 aliphatic rings. The van der Waals surface area contributed by atoms with Crippen LogP contribution in [-0.2, 0) is 24.6 Å². The number of furan rings is 1. The van der Waals surface area contributed by atoms with Crippen LogP contribution in [0.3, 0.4) is 0 Å². The molecule has 0 aliphatic heterocycles. The summed E-state index contributed by atoms with van der Waals surface area (Å²) in [6.45, 7) is 5.82. The van der Waals surface area contributed by atoms with Gasteiger partial charge in [0, 0.05) is 64.6 Å². The van der Waals surface area contributed by atoms with Crippen molar-refractivity contribution in [1.82, 2.24) is 20.4 Å². The number of guanidine groups is 1. The number of aromatic nitrogens is 2. The third-order valence-electron chi connectivity index (χ3n) is 3.76. The normalized spacial score (nSPS) is 11.7. The van der Waals surface area contributed by atoms with Gasteiger partial charge in [-0.1, -0.05) is 0 Å². The molecule has 0 aliphatic carbocycles. The maximum absolute atomic E-state index is 5.36. The van der Waals surface area contributed by atoms with Crippen LogP contribution in [0.5, 0.6) is 0 Å². The molecule has 2 heterocycles. The first-order chi connectivity index (χ1) is 12.3. The lowest BCUT2D eigenvalue weighted by atomic mass is 10.3. The summed E-state index contributed by atoms with van der Waals surface area (Å²) >= 11 is 0. The maximum atomic E-state index is 5.36. The summed E-state index contributed by atoms with van der Waals surface area (Å²) in [5.74, 6) is 1.79. The first-order valence-corrected chi connectivity index (χ1v) is 8.88. The number of aliphatic imine (C=N–C) groups is 1. The third kappa shape index (κ3) is 7.43. The molecular weight excluding hydrogens is 318 g/mol. The topological polar surface area (TPSA) is 76.6 Å². The van der Waals surface area contributed by atoms with Gasteiger partial charge in [0.1, 0.15) is 5.76 Å². The number of nitrogens with one attached hydrogen (secondary N) is 2. The summed E-state index contributed by atoms with van der Waals surface area (Å²) in [6.07, 6.45) is 6.16. The van der Waals surface area contributed by atoms with Gasteiger partial charge in [0.05, 0.1) is 6.26 Å². The average Bonchev–Trinajstić information content (AvgIpc) is 3.26. The highest BCUT2D eigenvalue weighted by molar-refractivity contribution is 5.79. The summed E-state index contributed by atoms with van der Waals surface area (Å²) in [7, 11) is 1.96. The van der Waals surface area contributed by atoms with Crippen molar-refractivity contribution in [2.75, 3.05) is 32.8 Å². The number of aryl methyl sites for hydroxylation is 1. The number of hydrogen-bond donors (Lipinski definition) is 2. The van der Waals surface area contributed by atoms with Crippen LogP contribution in [0.2, 0.25) is 0 Å². The van der Waals surface area contributed by atoms with Crippen LogP contribution in [0.4, 0.5) is 0 Å². The van der Waals surface area contributed by atoms with Crippen LogP contribution in [0.25, 0.3) is 0 Å². The summed E-state index contributed by atoms with van der Waals surface area (Å²) in [5.41, 5.74) is 1.19. The predicted octanol–water partition coefficient (Wildman–Crippen LogP) is 1.76. The van der Waals surface area contributed by atoms with Crippen molar-refractivity contribution in [2.45, 2.75) is 26.2 Å². The van der Waals surface area contributed by atoms with E-state index in [-0.39, 0.29) is 0 Å². The van der Waals surface area contributed by atoms with Gasteiger partial charge in [0.2, 0.25) is 0 Å². The van der Waals surface area contributed by atoms with Gasteiger partial charge in [-0.25, -0.2) is 0 Å². The van der Waals surface area contributed by atoms with Gasteiger partial charge in [-0.15, -0.1) is 0 Å². The van der Waals surface area contributed by atoms with Crippen LogP contribution >= 0.6 is 0 Å². The smallest absolute Gasteiger partial charge is 0.191 e. The summed E-state index contributed by atoms with van der Waals surface area (Å²) < 4.78 is 12.6. The Labute approximate surface area is 149 Å². The SMILES string of the molecule is CCOCCCN=C(NCCc1ccco1)NCCc1ccnn1C. The van der Waals surface area contributed by atoms with Gasteiger partial charge < -0.3 is 19.8 Å². The minimum Gasteiger partial charge on any atom is -0.469 e. The monoisotopic (exact) mass is 347 g/mol. The molecule has 2 aromatic heterocycles. The van der Waals surface area contributed by atoms with Crippen LogP contribution in [0, 0.1) is 0 Å². The van der Waals surface area contributed by atoms with Crippen molar-refractivity contribution in [3.05, 3.63) is 42.1 Å². The minimum atomic E-state index is 0.738. The molecule has 138 valence electrons. The third-order valence-corrected chi connectivity index (χ3v) is 3.76. The standard InChI is InChI=1S/C18H29N5O2/c1-3-24-14-5-10-19-18(21-12-9-17-6-4-15-25-17)20-11-7-16-8-13-22-23(16)2/h4,6,8,13,15H,3,5,7,9-12,14H2,1-2H3,(H2,19,20,21). The van der Waals surface area contributed by atoms with Crippen LogP contribution in [-0.4, -0.2) is 48.6 Å². The Morgan fingerprint density at radius 2 is 2.12 bits per heavy atom. The fourth-order valence-corrected chi connectivity index (χ4v) is 2.39. The van der Waals surface area contributed by atoms with E-state index in [1.807, 2.05) is 43.0 Å². The van der Waals surface area contributed by atoms with Crippen LogP contribution in [0.1, 0.15) is 24.8 Å². The van der Waals surface area contributed by atoms with E-state index in [0.29, 0.717) is 0 Å². The Bertz CT molecular complexity index is 607. The van der Waals surface area contributed by atoms with Crippen molar-refractivity contribution in [3.63, 3.8) is 0 Å². The molecule has 25 heavy (non-hydrogen) atoms. The number of hydrogen-bond acceptors (Lipinski definition) is 4. The summed E-state index contributed by atoms with van der Waals surface area (Å²) in [6, 6.07) is 5.92. The Morgan fingerprint density at radius 1 is 1.28 bits per heavy atom. The van der Waals surface area contributed by atoms with Crippen LogP contribution < -0.4 is 10.6 Å². The van der Waals surface area contributed by atoms with Crippen molar-refractivity contribution in [1.29, 1.82) is 0 Å². The zero-order valence-electron chi connectivity index (χ0n) is 15.2. The van der Waals surface area contributed by atoms with Crippen molar-refractivity contribution < 1.29 is 9.15 Å². The Kier molecular flexibility index (Phi) is 8.61. The number of rotatable bonds is 11. The van der Waals surface area contributed by atoms with E-state index in [1.165, 1.54) is 5.69 Å². The van der Waals surface area contributed by atoms with Crippen molar-refractivity contribution in [3.8, 4) is 0 Å². The molecule has 0 aromatic carbocycles. The molecule has 0 spiro atoms. The second kappa shape index (κ2) is 11.3. The molecule has 2 N–H and O–H groups in total. The molecule has 0 radical (unpaired) electrons. The van der Waals surface area contributed by atoms with Gasteiger partial charge >= 0.3 is 0 Å². The molecule has 0 atom stereocenters.